The van der Waals surface area contributed by atoms with Crippen molar-refractivity contribution in [1.82, 2.24) is 36.8 Å². The highest BCUT2D eigenvalue weighted by Crippen LogP contribution is 2.20. The van der Waals surface area contributed by atoms with Crippen molar-refractivity contribution in [2.24, 2.45) is 28.3 Å². The van der Waals surface area contributed by atoms with Gasteiger partial charge in [0.1, 0.15) is 18.1 Å². The van der Waals surface area contributed by atoms with E-state index in [0.29, 0.717) is 50.9 Å². The fourth-order valence-electron chi connectivity index (χ4n) is 5.02. The number of hydrogen-bond donors (Lipinski definition) is 8. The van der Waals surface area contributed by atoms with Crippen LogP contribution < -0.4 is 43.4 Å². The molecule has 0 unspecified atom stereocenters. The molecule has 1 aliphatic rings. The molecule has 52 heavy (non-hydrogen) atoms. The van der Waals surface area contributed by atoms with Gasteiger partial charge in [0.2, 0.25) is 47.3 Å². The number of thioether (sulfide) groups is 1. The lowest BCUT2D eigenvalue weighted by Gasteiger charge is -2.30. The van der Waals surface area contributed by atoms with Gasteiger partial charge in [-0.25, -0.2) is 0 Å². The molecule has 0 aromatic rings. The Labute approximate surface area is 309 Å². The summed E-state index contributed by atoms with van der Waals surface area (Å²) < 4.78 is 0. The molecule has 0 radical (unpaired) electrons. The van der Waals surface area contributed by atoms with Crippen LogP contribution in [0.1, 0.15) is 72.6 Å². The molecule has 0 bridgehead atoms. The molecule has 1 fully saturated rings. The topological polar surface area (TPSA) is 276 Å². The predicted octanol–water partition coefficient (Wildman–Crippen LogP) is -2.12. The Bertz CT molecular complexity index is 1250. The Morgan fingerprint density at radius 2 is 1.50 bits per heavy atom. The van der Waals surface area contributed by atoms with Gasteiger partial charge in [-0.3, -0.25) is 43.3 Å². The quantitative estimate of drug-likeness (QED) is 0.0285. The maximum atomic E-state index is 13.9. The van der Waals surface area contributed by atoms with Gasteiger partial charge in [0.25, 0.3) is 0 Å². The van der Waals surface area contributed by atoms with E-state index in [-0.39, 0.29) is 74.3 Å². The van der Waals surface area contributed by atoms with Gasteiger partial charge in [-0.05, 0) is 49.7 Å². The number of nitrogens with two attached hydrogens (primary N) is 2. The summed E-state index contributed by atoms with van der Waals surface area (Å²) in [6.45, 7) is 7.74. The summed E-state index contributed by atoms with van der Waals surface area (Å²) in [5.74, 6) is -3.00. The Kier molecular flexibility index (Phi) is 22.4. The number of nitrogens with one attached hydrogen (secondary N) is 6. The zero-order chi connectivity index (χ0) is 39.1. The molecule has 1 rings (SSSR count). The second-order valence-electron chi connectivity index (χ2n) is 13.3. The first-order valence-corrected chi connectivity index (χ1v) is 18.8. The number of rotatable bonds is 25. The maximum absolute atomic E-state index is 13.9. The highest BCUT2D eigenvalue weighted by Gasteiger charge is 2.38. The average molecular weight is 755 g/mol. The zero-order valence-electron chi connectivity index (χ0n) is 30.8. The highest BCUT2D eigenvalue weighted by atomic mass is 32.2. The van der Waals surface area contributed by atoms with Gasteiger partial charge in [-0.1, -0.05) is 27.7 Å². The lowest BCUT2D eigenvalue weighted by atomic mass is 10.1. The Morgan fingerprint density at radius 1 is 0.827 bits per heavy atom. The van der Waals surface area contributed by atoms with Crippen LogP contribution in [0.4, 0.5) is 0 Å². The van der Waals surface area contributed by atoms with Gasteiger partial charge in [-0.2, -0.15) is 11.8 Å². The van der Waals surface area contributed by atoms with Crippen molar-refractivity contribution in [1.29, 1.82) is 0 Å². The summed E-state index contributed by atoms with van der Waals surface area (Å²) in [7, 11) is 0. The van der Waals surface area contributed by atoms with Crippen molar-refractivity contribution in [3.05, 3.63) is 0 Å². The first kappa shape index (κ1) is 45.6. The molecule has 18 nitrogen and oxygen atoms in total. The van der Waals surface area contributed by atoms with Crippen molar-refractivity contribution in [2.75, 3.05) is 50.8 Å². The van der Waals surface area contributed by atoms with Gasteiger partial charge in [-0.15, -0.1) is 0 Å². The van der Waals surface area contributed by atoms with Crippen molar-refractivity contribution >= 4 is 65.4 Å². The zero-order valence-corrected chi connectivity index (χ0v) is 31.6. The summed E-state index contributed by atoms with van der Waals surface area (Å²) in [4.78, 5) is 105. The predicted molar refractivity (Wildman–Crippen MR) is 197 cm³/mol. The van der Waals surface area contributed by atoms with E-state index in [9.17, 15) is 38.4 Å². The van der Waals surface area contributed by atoms with Crippen LogP contribution in [-0.2, 0) is 38.4 Å². The highest BCUT2D eigenvalue weighted by molar-refractivity contribution is 7.99. The maximum Gasteiger partial charge on any atom is 0.246 e. The van der Waals surface area contributed by atoms with Crippen LogP contribution in [0.2, 0.25) is 0 Å². The molecule has 3 atom stereocenters. The molecule has 294 valence electrons. The summed E-state index contributed by atoms with van der Waals surface area (Å²) in [6.07, 6.45) is 3.60. The number of likely N-dealkylation sites (tertiary alicyclic amines) is 1. The number of carbonyl (C=O) groups excluding carboxylic acids is 8. The minimum atomic E-state index is -1.05. The average Bonchev–Trinajstić information content (AvgIpc) is 3.58. The molecule has 0 saturated carbocycles. The van der Waals surface area contributed by atoms with Crippen LogP contribution in [0.15, 0.2) is 4.99 Å². The van der Waals surface area contributed by atoms with E-state index in [0.717, 1.165) is 0 Å². The van der Waals surface area contributed by atoms with E-state index in [1.165, 1.54) is 23.0 Å². The molecule has 1 saturated heterocycles. The van der Waals surface area contributed by atoms with Crippen molar-refractivity contribution in [2.45, 2.75) is 90.8 Å². The fraction of sp³-hybridized carbons (Fsp3) is 0.727. The molecule has 1 heterocycles. The minimum Gasteiger partial charge on any atom is -0.390 e. The van der Waals surface area contributed by atoms with Crippen molar-refractivity contribution in [3.63, 3.8) is 0 Å². The smallest absolute Gasteiger partial charge is 0.246 e. The number of amides is 8. The number of hydrogen-bond acceptors (Lipinski definition) is 10. The van der Waals surface area contributed by atoms with Crippen molar-refractivity contribution in [3.8, 4) is 0 Å². The first-order chi connectivity index (χ1) is 24.6. The molecular weight excluding hydrogens is 696 g/mol. The van der Waals surface area contributed by atoms with Gasteiger partial charge < -0.3 is 48.3 Å². The van der Waals surface area contributed by atoms with E-state index in [1.807, 2.05) is 27.7 Å². The first-order valence-electron chi connectivity index (χ1n) is 17.7. The van der Waals surface area contributed by atoms with Crippen LogP contribution >= 0.6 is 11.8 Å². The Balaban J connectivity index is 2.93. The SMILES string of the molecule is CC(C)CNC(=O)[C@@H](CCCN=CN)NC(=O)[C@@H]1CCCN1C(=O)[C@H](CSCCCC(=O)NCC(=O)NCC(N)=O)NC(=O)CNC(=O)CC(C)C. The Hall–Kier alpha value is -4.42. The molecule has 0 spiro atoms. The van der Waals surface area contributed by atoms with E-state index < -0.39 is 47.7 Å². The molecule has 0 aromatic carbocycles. The van der Waals surface area contributed by atoms with E-state index in [1.54, 1.807) is 0 Å². The van der Waals surface area contributed by atoms with Gasteiger partial charge in [0.05, 0.1) is 26.0 Å². The fourth-order valence-corrected chi connectivity index (χ4v) is 6.00. The number of primary amides is 1. The molecule has 8 amide bonds. The van der Waals surface area contributed by atoms with Crippen LogP contribution in [0.3, 0.4) is 0 Å². The van der Waals surface area contributed by atoms with Gasteiger partial charge in [0, 0.05) is 38.2 Å². The normalized spacial score (nSPS) is 15.2. The molecular formula is C33H58N10O8S. The second kappa shape index (κ2) is 25.5. The largest absolute Gasteiger partial charge is 0.390 e. The monoisotopic (exact) mass is 754 g/mol. The van der Waals surface area contributed by atoms with Crippen LogP contribution in [0.5, 0.6) is 0 Å². The lowest BCUT2D eigenvalue weighted by molar-refractivity contribution is -0.141. The molecule has 10 N–H and O–H groups in total. The van der Waals surface area contributed by atoms with Crippen LogP contribution in [0, 0.1) is 11.8 Å². The minimum absolute atomic E-state index is 0.0851. The summed E-state index contributed by atoms with van der Waals surface area (Å²) in [5, 5.41) is 15.6. The lowest BCUT2D eigenvalue weighted by Crippen LogP contribution is -2.57. The van der Waals surface area contributed by atoms with Gasteiger partial charge >= 0.3 is 0 Å². The van der Waals surface area contributed by atoms with Crippen molar-refractivity contribution < 1.29 is 38.4 Å². The van der Waals surface area contributed by atoms with E-state index in [2.05, 4.69) is 36.9 Å². The number of aliphatic imine (C=N–C) groups is 1. The van der Waals surface area contributed by atoms with Crippen LogP contribution in [-0.4, -0.2) is 127 Å². The molecule has 0 aromatic heterocycles. The second-order valence-corrected chi connectivity index (χ2v) is 14.4. The van der Waals surface area contributed by atoms with Gasteiger partial charge in [0.15, 0.2) is 0 Å². The number of carbonyl (C=O) groups is 8. The van der Waals surface area contributed by atoms with E-state index in [4.69, 9.17) is 11.5 Å². The molecule has 19 heteroatoms. The standard InChI is InChI=1S/C33H58N10O8S/c1-21(2)14-28(46)39-18-30(48)41-24(19-52-13-7-10-27(45)38-17-29(47)37-16-26(35)44)33(51)43-12-6-9-25(43)32(50)42-23(8-5-11-36-20-34)31(49)40-15-22(3)4/h20-25H,5-19H2,1-4H3,(H2,34,36)(H2,35,44)(H,37,47)(H,38,45)(H,39,46)(H,40,49)(H,41,48)(H,42,50)/t23-,24+,25+/m1/s1. The summed E-state index contributed by atoms with van der Waals surface area (Å²) in [5.41, 5.74) is 10.3. The number of nitrogens with zero attached hydrogens (tertiary/aromatic N) is 2. The summed E-state index contributed by atoms with van der Waals surface area (Å²) >= 11 is 1.31. The van der Waals surface area contributed by atoms with Crippen LogP contribution in [0.25, 0.3) is 0 Å². The van der Waals surface area contributed by atoms with E-state index >= 15 is 0 Å². The molecule has 1 aliphatic heterocycles. The summed E-state index contributed by atoms with van der Waals surface area (Å²) in [6, 6.07) is -2.76. The third kappa shape index (κ3) is 19.8. The molecule has 0 aliphatic carbocycles. The third-order valence-electron chi connectivity index (χ3n) is 7.60. The Morgan fingerprint density at radius 3 is 2.15 bits per heavy atom. The third-order valence-corrected chi connectivity index (χ3v) is 8.74.